The van der Waals surface area contributed by atoms with Gasteiger partial charge in [-0.05, 0) is 77.0 Å². The third kappa shape index (κ3) is 36.7. The lowest BCUT2D eigenvalue weighted by Gasteiger charge is -2.26. The minimum Gasteiger partial charge on any atom is -0.394 e. The van der Waals surface area contributed by atoms with Gasteiger partial charge in [-0.1, -0.05) is 179 Å². The summed E-state index contributed by atoms with van der Waals surface area (Å²) < 4.78 is 0. The van der Waals surface area contributed by atoms with Gasteiger partial charge in [0.2, 0.25) is 5.91 Å². The average molecular weight is 718 g/mol. The van der Waals surface area contributed by atoms with Gasteiger partial charge in [-0.25, -0.2) is 0 Å². The minimum atomic E-state index is -1.17. The van der Waals surface area contributed by atoms with E-state index in [-0.39, 0.29) is 12.5 Å². The lowest BCUT2D eigenvalue weighted by Crippen LogP contribution is -2.50. The molecule has 0 spiro atoms. The minimum absolute atomic E-state index is 0.161. The highest BCUT2D eigenvalue weighted by Crippen LogP contribution is 2.15. The highest BCUT2D eigenvalue weighted by atomic mass is 16.3. The Morgan fingerprint density at radius 1 is 0.471 bits per heavy atom. The van der Waals surface area contributed by atoms with Gasteiger partial charge in [0, 0.05) is 6.42 Å². The van der Waals surface area contributed by atoms with Gasteiger partial charge in [0.25, 0.3) is 0 Å². The lowest BCUT2D eigenvalue weighted by molar-refractivity contribution is -0.124. The van der Waals surface area contributed by atoms with Crippen molar-refractivity contribution in [2.75, 3.05) is 6.61 Å². The number of allylic oxidation sites excluding steroid dienone is 6. The summed E-state index contributed by atoms with van der Waals surface area (Å²) >= 11 is 0. The van der Waals surface area contributed by atoms with E-state index in [0.717, 1.165) is 44.9 Å². The molecule has 0 saturated heterocycles. The summed E-state index contributed by atoms with van der Waals surface area (Å²) in [6.45, 7) is 4.13. The highest BCUT2D eigenvalue weighted by Gasteiger charge is 2.26. The molecule has 0 aromatic heterocycles. The van der Waals surface area contributed by atoms with Gasteiger partial charge < -0.3 is 20.6 Å². The maximum Gasteiger partial charge on any atom is 0.220 e. The van der Waals surface area contributed by atoms with Gasteiger partial charge in [0.1, 0.15) is 6.10 Å². The first-order chi connectivity index (χ1) is 25.1. The summed E-state index contributed by atoms with van der Waals surface area (Å²) in [5.74, 6) is -0.161. The van der Waals surface area contributed by atoms with Gasteiger partial charge >= 0.3 is 0 Å². The second kappa shape index (κ2) is 41.3. The van der Waals surface area contributed by atoms with Crippen molar-refractivity contribution in [2.24, 2.45) is 0 Å². The van der Waals surface area contributed by atoms with E-state index in [2.05, 4.69) is 55.6 Å². The number of carbonyl (C=O) groups excluding carboxylic acids is 1. The van der Waals surface area contributed by atoms with E-state index in [9.17, 15) is 20.1 Å². The molecule has 0 radical (unpaired) electrons. The third-order valence-corrected chi connectivity index (χ3v) is 10.2. The molecule has 3 atom stereocenters. The molecular formula is C46H87NO4. The summed E-state index contributed by atoms with van der Waals surface area (Å²) in [4.78, 5) is 12.4. The van der Waals surface area contributed by atoms with Crippen LogP contribution in [0.4, 0.5) is 0 Å². The van der Waals surface area contributed by atoms with Crippen molar-refractivity contribution in [3.05, 3.63) is 36.5 Å². The molecule has 0 aliphatic rings. The largest absolute Gasteiger partial charge is 0.394 e. The van der Waals surface area contributed by atoms with Crippen molar-refractivity contribution in [1.82, 2.24) is 5.32 Å². The number of amides is 1. The Morgan fingerprint density at radius 2 is 0.804 bits per heavy atom. The fraction of sp³-hybridized carbons (Fsp3) is 0.848. The van der Waals surface area contributed by atoms with Gasteiger partial charge in [-0.3, -0.25) is 4.79 Å². The normalized spacial score (nSPS) is 13.9. The first kappa shape index (κ1) is 49.6. The number of hydrogen-bond acceptors (Lipinski definition) is 4. The maximum absolute atomic E-state index is 12.4. The number of rotatable bonds is 40. The molecule has 5 nitrogen and oxygen atoms in total. The van der Waals surface area contributed by atoms with Crippen LogP contribution in [-0.2, 0) is 4.79 Å². The summed E-state index contributed by atoms with van der Waals surface area (Å²) in [6, 6.07) is -0.832. The summed E-state index contributed by atoms with van der Waals surface area (Å²) in [5, 5.41) is 33.4. The fourth-order valence-electron chi connectivity index (χ4n) is 6.70. The molecule has 0 aliphatic heterocycles. The van der Waals surface area contributed by atoms with Crippen molar-refractivity contribution < 1.29 is 20.1 Å². The molecule has 51 heavy (non-hydrogen) atoms. The Bertz CT molecular complexity index is 794. The van der Waals surface area contributed by atoms with Crippen molar-refractivity contribution in [3.8, 4) is 0 Å². The molecule has 3 unspecified atom stereocenters. The van der Waals surface area contributed by atoms with E-state index >= 15 is 0 Å². The van der Waals surface area contributed by atoms with E-state index in [0.29, 0.717) is 12.8 Å². The number of aliphatic hydroxyl groups excluding tert-OH is 3. The Kier molecular flexibility index (Phi) is 40.2. The monoisotopic (exact) mass is 718 g/mol. The predicted molar refractivity (Wildman–Crippen MR) is 222 cm³/mol. The summed E-state index contributed by atoms with van der Waals surface area (Å²) in [7, 11) is 0. The van der Waals surface area contributed by atoms with Crippen LogP contribution in [0.1, 0.15) is 226 Å². The topological polar surface area (TPSA) is 89.8 Å². The molecule has 0 heterocycles. The molecule has 0 bridgehead atoms. The number of hydrogen-bond donors (Lipinski definition) is 4. The zero-order valence-corrected chi connectivity index (χ0v) is 34.0. The van der Waals surface area contributed by atoms with Crippen LogP contribution >= 0.6 is 0 Å². The zero-order valence-electron chi connectivity index (χ0n) is 34.0. The second-order valence-electron chi connectivity index (χ2n) is 15.2. The second-order valence-corrected chi connectivity index (χ2v) is 15.2. The van der Waals surface area contributed by atoms with Gasteiger partial charge in [0.15, 0.2) is 0 Å². The smallest absolute Gasteiger partial charge is 0.220 e. The van der Waals surface area contributed by atoms with Crippen LogP contribution in [0.5, 0.6) is 0 Å². The molecule has 0 aromatic rings. The molecule has 0 rings (SSSR count). The standard InChI is InChI=1S/C46H87NO4/c1-3-5-7-9-11-13-15-17-18-19-20-21-22-23-24-25-26-27-28-29-31-33-35-37-39-41-45(50)47-43(42-48)46(51)44(49)40-38-36-34-32-30-16-14-12-10-8-6-4-2/h12,14,23-24,32,34,43-44,46,48-49,51H,3-11,13,15-22,25-31,33,35-42H2,1-2H3,(H,47,50)/b14-12+,24-23-,34-32+. The van der Waals surface area contributed by atoms with E-state index in [4.69, 9.17) is 0 Å². The van der Waals surface area contributed by atoms with Gasteiger partial charge in [0.05, 0.1) is 18.8 Å². The van der Waals surface area contributed by atoms with Crippen LogP contribution in [-0.4, -0.2) is 46.1 Å². The van der Waals surface area contributed by atoms with Crippen LogP contribution in [0.3, 0.4) is 0 Å². The lowest BCUT2D eigenvalue weighted by atomic mass is 10.0. The Labute approximate surface area is 317 Å². The number of unbranched alkanes of at least 4 members (excludes halogenated alkanes) is 26. The van der Waals surface area contributed by atoms with Crippen molar-refractivity contribution >= 4 is 5.91 Å². The van der Waals surface area contributed by atoms with Crippen LogP contribution in [0.2, 0.25) is 0 Å². The van der Waals surface area contributed by atoms with Crippen LogP contribution in [0, 0.1) is 0 Å². The van der Waals surface area contributed by atoms with E-state index in [1.54, 1.807) is 0 Å². The molecule has 1 amide bonds. The molecule has 0 fully saturated rings. The van der Waals surface area contributed by atoms with Crippen LogP contribution in [0.25, 0.3) is 0 Å². The van der Waals surface area contributed by atoms with E-state index in [1.807, 2.05) is 0 Å². The van der Waals surface area contributed by atoms with E-state index < -0.39 is 18.2 Å². The number of carbonyl (C=O) groups is 1. The molecule has 0 aromatic carbocycles. The molecule has 0 saturated carbocycles. The summed E-state index contributed by atoms with van der Waals surface area (Å²) in [6.07, 6.45) is 51.2. The molecule has 4 N–H and O–H groups in total. The molecule has 0 aliphatic carbocycles. The quantitative estimate of drug-likeness (QED) is 0.0375. The summed E-state index contributed by atoms with van der Waals surface area (Å²) in [5.41, 5.74) is 0. The molecule has 300 valence electrons. The maximum atomic E-state index is 12.4. The third-order valence-electron chi connectivity index (χ3n) is 10.2. The first-order valence-electron chi connectivity index (χ1n) is 22.3. The van der Waals surface area contributed by atoms with E-state index in [1.165, 1.54) is 154 Å². The number of nitrogens with one attached hydrogen (secondary N) is 1. The highest BCUT2D eigenvalue weighted by molar-refractivity contribution is 5.76. The average Bonchev–Trinajstić information content (AvgIpc) is 3.13. The van der Waals surface area contributed by atoms with Crippen LogP contribution < -0.4 is 5.32 Å². The Morgan fingerprint density at radius 3 is 1.24 bits per heavy atom. The van der Waals surface area contributed by atoms with Crippen molar-refractivity contribution in [1.29, 1.82) is 0 Å². The Hall–Kier alpha value is -1.43. The van der Waals surface area contributed by atoms with Crippen LogP contribution in [0.15, 0.2) is 36.5 Å². The molecule has 5 heteroatoms. The predicted octanol–water partition coefficient (Wildman–Crippen LogP) is 12.8. The molecular weight excluding hydrogens is 631 g/mol. The zero-order chi connectivity index (χ0) is 37.3. The van der Waals surface area contributed by atoms with Gasteiger partial charge in [-0.15, -0.1) is 0 Å². The Balaban J connectivity index is 3.61. The first-order valence-corrected chi connectivity index (χ1v) is 22.3. The SMILES string of the molecule is CCCCC/C=C/CC/C=C/CCCC(O)C(O)C(CO)NC(=O)CCCCCCCCCCC/C=C\CCCCCCCCCCCCCC. The van der Waals surface area contributed by atoms with Crippen molar-refractivity contribution in [2.45, 2.75) is 244 Å². The van der Waals surface area contributed by atoms with Crippen molar-refractivity contribution in [3.63, 3.8) is 0 Å². The van der Waals surface area contributed by atoms with Gasteiger partial charge in [-0.2, -0.15) is 0 Å². The number of aliphatic hydroxyl groups is 3. The fourth-order valence-corrected chi connectivity index (χ4v) is 6.70.